The third-order valence-electron chi connectivity index (χ3n) is 2.58. The molecule has 106 valence electrons. The van der Waals surface area contributed by atoms with Crippen molar-refractivity contribution in [3.05, 3.63) is 28.7 Å². The summed E-state index contributed by atoms with van der Waals surface area (Å²) in [6, 6.07) is 7.68. The summed E-state index contributed by atoms with van der Waals surface area (Å²) in [7, 11) is 1.88. The minimum Gasteiger partial charge on any atom is -0.488 e. The van der Waals surface area contributed by atoms with E-state index in [1.165, 1.54) is 0 Å². The quantitative estimate of drug-likeness (QED) is 0.720. The van der Waals surface area contributed by atoms with Crippen LogP contribution < -0.4 is 15.4 Å². The van der Waals surface area contributed by atoms with Gasteiger partial charge in [0.05, 0.1) is 11.0 Å². The molecule has 1 unspecified atom stereocenters. The average molecular weight is 329 g/mol. The molecule has 0 aliphatic heterocycles. The summed E-state index contributed by atoms with van der Waals surface area (Å²) in [4.78, 5) is 11.5. The normalized spacial score (nSPS) is 11.9. The van der Waals surface area contributed by atoms with Crippen LogP contribution in [-0.4, -0.2) is 32.1 Å². The number of para-hydroxylation sites is 1. The maximum atomic E-state index is 11.5. The van der Waals surface area contributed by atoms with E-state index in [0.29, 0.717) is 13.0 Å². The fourth-order valence-electron chi connectivity index (χ4n) is 1.57. The van der Waals surface area contributed by atoms with Gasteiger partial charge in [0.1, 0.15) is 11.9 Å². The Hall–Kier alpha value is -1.07. The van der Waals surface area contributed by atoms with E-state index in [1.54, 1.807) is 0 Å². The van der Waals surface area contributed by atoms with E-state index in [4.69, 9.17) is 4.74 Å². The number of hydrogen-bond acceptors (Lipinski definition) is 3. The molecule has 0 aliphatic rings. The fourth-order valence-corrected chi connectivity index (χ4v) is 1.95. The summed E-state index contributed by atoms with van der Waals surface area (Å²) in [5.41, 5.74) is 0. The van der Waals surface area contributed by atoms with Gasteiger partial charge < -0.3 is 15.4 Å². The summed E-state index contributed by atoms with van der Waals surface area (Å²) < 4.78 is 6.67. The first-order chi connectivity index (χ1) is 9.13. The van der Waals surface area contributed by atoms with E-state index in [-0.39, 0.29) is 12.0 Å². The molecule has 0 aliphatic carbocycles. The van der Waals surface area contributed by atoms with Gasteiger partial charge in [-0.15, -0.1) is 0 Å². The Morgan fingerprint density at radius 1 is 1.42 bits per heavy atom. The Labute approximate surface area is 123 Å². The van der Waals surface area contributed by atoms with Crippen LogP contribution in [0.5, 0.6) is 5.75 Å². The first kappa shape index (κ1) is 16.0. The zero-order valence-corrected chi connectivity index (χ0v) is 13.0. The van der Waals surface area contributed by atoms with Gasteiger partial charge in [-0.3, -0.25) is 4.79 Å². The van der Waals surface area contributed by atoms with E-state index in [2.05, 4.69) is 26.6 Å². The van der Waals surface area contributed by atoms with Crippen LogP contribution in [0.1, 0.15) is 19.8 Å². The Morgan fingerprint density at radius 3 is 2.84 bits per heavy atom. The third kappa shape index (κ3) is 6.59. The standard InChI is InChI=1S/C14H21BrN2O2/c1-11(10-17-14(18)8-5-9-16-2)19-13-7-4-3-6-12(13)15/h3-4,6-7,11,16H,5,8-10H2,1-2H3,(H,17,18). The molecule has 1 aromatic carbocycles. The number of rotatable bonds is 8. The number of hydrogen-bond donors (Lipinski definition) is 2. The molecular formula is C14H21BrN2O2. The van der Waals surface area contributed by atoms with Gasteiger partial charge in [-0.05, 0) is 55.0 Å². The zero-order chi connectivity index (χ0) is 14.1. The van der Waals surface area contributed by atoms with E-state index < -0.39 is 0 Å². The van der Waals surface area contributed by atoms with Crippen molar-refractivity contribution in [2.45, 2.75) is 25.9 Å². The van der Waals surface area contributed by atoms with Crippen molar-refractivity contribution in [3.8, 4) is 5.75 Å². The molecular weight excluding hydrogens is 308 g/mol. The van der Waals surface area contributed by atoms with Crippen molar-refractivity contribution in [2.75, 3.05) is 20.1 Å². The smallest absolute Gasteiger partial charge is 0.220 e. The molecule has 0 radical (unpaired) electrons. The summed E-state index contributed by atoms with van der Waals surface area (Å²) in [5.74, 6) is 0.859. The van der Waals surface area contributed by atoms with E-state index in [1.807, 2.05) is 38.2 Å². The second kappa shape index (κ2) is 8.93. The lowest BCUT2D eigenvalue weighted by Gasteiger charge is -2.16. The van der Waals surface area contributed by atoms with Gasteiger partial charge in [0.2, 0.25) is 5.91 Å². The Bertz CT molecular complexity index is 399. The lowest BCUT2D eigenvalue weighted by molar-refractivity contribution is -0.121. The van der Waals surface area contributed by atoms with Crippen LogP contribution in [0.2, 0.25) is 0 Å². The maximum absolute atomic E-state index is 11.5. The summed E-state index contributed by atoms with van der Waals surface area (Å²) in [6.07, 6.45) is 1.33. The fraction of sp³-hybridized carbons (Fsp3) is 0.500. The molecule has 4 nitrogen and oxygen atoms in total. The topological polar surface area (TPSA) is 50.4 Å². The van der Waals surface area contributed by atoms with Crippen LogP contribution in [-0.2, 0) is 4.79 Å². The van der Waals surface area contributed by atoms with Crippen LogP contribution in [0.4, 0.5) is 0 Å². The van der Waals surface area contributed by atoms with Crippen LogP contribution >= 0.6 is 15.9 Å². The molecule has 0 spiro atoms. The molecule has 19 heavy (non-hydrogen) atoms. The molecule has 0 saturated heterocycles. The van der Waals surface area contributed by atoms with Crippen LogP contribution in [0.15, 0.2) is 28.7 Å². The first-order valence-corrected chi connectivity index (χ1v) is 7.25. The van der Waals surface area contributed by atoms with Crippen molar-refractivity contribution in [1.29, 1.82) is 0 Å². The Balaban J connectivity index is 2.26. The van der Waals surface area contributed by atoms with Crippen molar-refractivity contribution < 1.29 is 9.53 Å². The number of carbonyl (C=O) groups is 1. The molecule has 0 saturated carbocycles. The monoisotopic (exact) mass is 328 g/mol. The number of carbonyl (C=O) groups excluding carboxylic acids is 1. The summed E-state index contributed by atoms with van der Waals surface area (Å²) >= 11 is 3.43. The van der Waals surface area contributed by atoms with E-state index in [9.17, 15) is 4.79 Å². The molecule has 1 atom stereocenters. The molecule has 0 aromatic heterocycles. The average Bonchev–Trinajstić information content (AvgIpc) is 2.39. The van der Waals surface area contributed by atoms with E-state index >= 15 is 0 Å². The Kier molecular flexibility index (Phi) is 7.52. The second-order valence-electron chi connectivity index (χ2n) is 4.37. The van der Waals surface area contributed by atoms with Crippen molar-refractivity contribution >= 4 is 21.8 Å². The zero-order valence-electron chi connectivity index (χ0n) is 11.4. The predicted molar refractivity (Wildman–Crippen MR) is 80.4 cm³/mol. The molecule has 2 N–H and O–H groups in total. The SMILES string of the molecule is CNCCCC(=O)NCC(C)Oc1ccccc1Br. The highest BCUT2D eigenvalue weighted by Gasteiger charge is 2.08. The minimum absolute atomic E-state index is 0.0630. The van der Waals surface area contributed by atoms with Crippen molar-refractivity contribution in [3.63, 3.8) is 0 Å². The van der Waals surface area contributed by atoms with Gasteiger partial charge in [0.15, 0.2) is 0 Å². The molecule has 1 aromatic rings. The lowest BCUT2D eigenvalue weighted by Crippen LogP contribution is -2.33. The van der Waals surface area contributed by atoms with Crippen LogP contribution in [0.3, 0.4) is 0 Å². The van der Waals surface area contributed by atoms with E-state index in [0.717, 1.165) is 23.2 Å². The number of nitrogens with one attached hydrogen (secondary N) is 2. The van der Waals surface area contributed by atoms with Gasteiger partial charge in [0, 0.05) is 6.42 Å². The first-order valence-electron chi connectivity index (χ1n) is 6.46. The number of benzene rings is 1. The predicted octanol–water partition coefficient (Wildman–Crippen LogP) is 2.33. The second-order valence-corrected chi connectivity index (χ2v) is 5.22. The molecule has 1 rings (SSSR count). The van der Waals surface area contributed by atoms with Crippen molar-refractivity contribution in [2.24, 2.45) is 0 Å². The number of amides is 1. The van der Waals surface area contributed by atoms with Crippen LogP contribution in [0.25, 0.3) is 0 Å². The lowest BCUT2D eigenvalue weighted by atomic mass is 10.3. The molecule has 0 bridgehead atoms. The minimum atomic E-state index is -0.0630. The van der Waals surface area contributed by atoms with Gasteiger partial charge in [0.25, 0.3) is 0 Å². The molecule has 0 heterocycles. The summed E-state index contributed by atoms with van der Waals surface area (Å²) in [5, 5.41) is 5.89. The van der Waals surface area contributed by atoms with Crippen molar-refractivity contribution in [1.82, 2.24) is 10.6 Å². The van der Waals surface area contributed by atoms with Gasteiger partial charge in [-0.25, -0.2) is 0 Å². The Morgan fingerprint density at radius 2 is 2.16 bits per heavy atom. The number of halogens is 1. The maximum Gasteiger partial charge on any atom is 0.220 e. The highest BCUT2D eigenvalue weighted by molar-refractivity contribution is 9.10. The van der Waals surface area contributed by atoms with Gasteiger partial charge in [-0.2, -0.15) is 0 Å². The third-order valence-corrected chi connectivity index (χ3v) is 3.24. The van der Waals surface area contributed by atoms with Gasteiger partial charge >= 0.3 is 0 Å². The molecule has 1 amide bonds. The molecule has 5 heteroatoms. The van der Waals surface area contributed by atoms with Gasteiger partial charge in [-0.1, -0.05) is 12.1 Å². The number of ether oxygens (including phenoxy) is 1. The summed E-state index contributed by atoms with van der Waals surface area (Å²) in [6.45, 7) is 3.31. The largest absolute Gasteiger partial charge is 0.488 e. The highest BCUT2D eigenvalue weighted by Crippen LogP contribution is 2.24. The highest BCUT2D eigenvalue weighted by atomic mass is 79.9. The molecule has 0 fully saturated rings. The van der Waals surface area contributed by atoms with Crippen LogP contribution in [0, 0.1) is 0 Å².